The summed E-state index contributed by atoms with van der Waals surface area (Å²) in [6.45, 7) is 0. The Morgan fingerprint density at radius 1 is 0.833 bits per heavy atom. The molecule has 0 radical (unpaired) electrons. The Kier molecular flexibility index (Phi) is 4.93. The molecule has 0 heterocycles. The van der Waals surface area contributed by atoms with Crippen LogP contribution in [0.25, 0.3) is 0 Å². The average Bonchev–Trinajstić information content (AvgIpc) is 2.42. The van der Waals surface area contributed by atoms with Crippen LogP contribution in [0, 0.1) is 11.8 Å². The first-order valence-electron chi connectivity index (χ1n) is 6.11. The molecule has 0 aromatic heterocycles. The van der Waals surface area contributed by atoms with Gasteiger partial charge < -0.3 is 0 Å². The van der Waals surface area contributed by atoms with E-state index in [0.29, 0.717) is 0 Å². The summed E-state index contributed by atoms with van der Waals surface area (Å²) in [6, 6.07) is 19.0. The second-order valence-electron chi connectivity index (χ2n) is 4.13. The van der Waals surface area contributed by atoms with Crippen LogP contribution in [-0.4, -0.2) is 5.75 Å². The van der Waals surface area contributed by atoms with Crippen LogP contribution in [0.4, 0.5) is 0 Å². The zero-order chi connectivity index (χ0) is 12.6. The second kappa shape index (κ2) is 6.93. The van der Waals surface area contributed by atoms with E-state index in [1.807, 2.05) is 6.07 Å². The third kappa shape index (κ3) is 3.98. The molecule has 2 rings (SSSR count). The predicted octanol–water partition coefficient (Wildman–Crippen LogP) is 3.95. The van der Waals surface area contributed by atoms with Crippen LogP contribution < -0.4 is 0 Å². The summed E-state index contributed by atoms with van der Waals surface area (Å²) >= 11 is 4.14. The molecule has 2 aromatic carbocycles. The van der Waals surface area contributed by atoms with Crippen molar-refractivity contribution in [3.8, 4) is 11.8 Å². The minimum Gasteiger partial charge on any atom is -0.178 e. The average molecular weight is 252 g/mol. The van der Waals surface area contributed by atoms with Gasteiger partial charge >= 0.3 is 0 Å². The molecule has 0 unspecified atom stereocenters. The van der Waals surface area contributed by atoms with Crippen molar-refractivity contribution >= 4 is 12.6 Å². The summed E-state index contributed by atoms with van der Waals surface area (Å²) < 4.78 is 0. The lowest BCUT2D eigenvalue weighted by molar-refractivity contribution is 1.19. The smallest absolute Gasteiger partial charge is 0.0245 e. The molecule has 1 heteroatoms. The maximum absolute atomic E-state index is 4.14. The highest BCUT2D eigenvalue weighted by atomic mass is 32.1. The van der Waals surface area contributed by atoms with Crippen LogP contribution in [0.2, 0.25) is 0 Å². The quantitative estimate of drug-likeness (QED) is 0.620. The van der Waals surface area contributed by atoms with Crippen molar-refractivity contribution in [1.82, 2.24) is 0 Å². The summed E-state index contributed by atoms with van der Waals surface area (Å²) in [6.07, 6.45) is 1.82. The van der Waals surface area contributed by atoms with E-state index in [0.717, 1.165) is 24.2 Å². The normalized spacial score (nSPS) is 9.61. The van der Waals surface area contributed by atoms with Crippen molar-refractivity contribution in [3.05, 3.63) is 71.3 Å². The molecule has 0 amide bonds. The maximum atomic E-state index is 4.14. The van der Waals surface area contributed by atoms with Crippen LogP contribution in [-0.2, 0) is 6.42 Å². The van der Waals surface area contributed by atoms with Crippen molar-refractivity contribution < 1.29 is 0 Å². The van der Waals surface area contributed by atoms with Crippen molar-refractivity contribution in [3.63, 3.8) is 0 Å². The van der Waals surface area contributed by atoms with Crippen molar-refractivity contribution in [2.75, 3.05) is 5.75 Å². The Balaban J connectivity index is 2.02. The van der Waals surface area contributed by atoms with Crippen LogP contribution >= 0.6 is 12.6 Å². The summed E-state index contributed by atoms with van der Waals surface area (Å²) in [5, 5.41) is 0. The molecular formula is C17H16S. The van der Waals surface area contributed by atoms with Crippen molar-refractivity contribution in [2.24, 2.45) is 0 Å². The topological polar surface area (TPSA) is 0 Å². The Bertz CT molecular complexity index is 529. The lowest BCUT2D eigenvalue weighted by Gasteiger charge is -2.01. The minimum atomic E-state index is 0.819. The molecule has 18 heavy (non-hydrogen) atoms. The molecular weight excluding hydrogens is 236 g/mol. The molecule has 0 spiro atoms. The van der Waals surface area contributed by atoms with E-state index in [-0.39, 0.29) is 0 Å². The summed E-state index contributed by atoms with van der Waals surface area (Å²) in [4.78, 5) is 0. The minimum absolute atomic E-state index is 0.819. The third-order valence-electron chi connectivity index (χ3n) is 2.67. The molecule has 0 aliphatic carbocycles. The molecule has 0 saturated carbocycles. The van der Waals surface area contributed by atoms with E-state index in [2.05, 4.69) is 73.0 Å². The molecule has 2 aromatic rings. The fourth-order valence-electron chi connectivity index (χ4n) is 1.76. The van der Waals surface area contributed by atoms with Gasteiger partial charge in [0.1, 0.15) is 0 Å². The van der Waals surface area contributed by atoms with Crippen LogP contribution in [0.15, 0.2) is 54.6 Å². The van der Waals surface area contributed by atoms with Gasteiger partial charge in [-0.3, -0.25) is 0 Å². The van der Waals surface area contributed by atoms with Crippen molar-refractivity contribution in [2.45, 2.75) is 12.8 Å². The van der Waals surface area contributed by atoms with Gasteiger partial charge in [-0.25, -0.2) is 0 Å². The largest absolute Gasteiger partial charge is 0.178 e. The third-order valence-corrected chi connectivity index (χ3v) is 2.90. The highest BCUT2D eigenvalue weighted by molar-refractivity contribution is 7.80. The molecule has 0 bridgehead atoms. The van der Waals surface area contributed by atoms with E-state index in [1.54, 1.807) is 0 Å². The predicted molar refractivity (Wildman–Crippen MR) is 81.0 cm³/mol. The molecule has 90 valence electrons. The van der Waals surface area contributed by atoms with Gasteiger partial charge in [-0.05, 0) is 29.7 Å². The van der Waals surface area contributed by atoms with Gasteiger partial charge in [0.05, 0.1) is 0 Å². The maximum Gasteiger partial charge on any atom is 0.0245 e. The van der Waals surface area contributed by atoms with E-state index in [9.17, 15) is 0 Å². The van der Waals surface area contributed by atoms with E-state index < -0.39 is 0 Å². The standard InChI is InChI=1S/C17H16S/c18-13-5-4-6-15-9-11-17(12-10-15)14-16-7-2-1-3-8-16/h1-3,7-12,18H,5,13-14H2. The Morgan fingerprint density at radius 3 is 2.17 bits per heavy atom. The van der Waals surface area contributed by atoms with E-state index in [1.165, 1.54) is 11.1 Å². The van der Waals surface area contributed by atoms with Gasteiger partial charge in [0.2, 0.25) is 0 Å². The van der Waals surface area contributed by atoms with Gasteiger partial charge in [0.25, 0.3) is 0 Å². The summed E-state index contributed by atoms with van der Waals surface area (Å²) in [7, 11) is 0. The van der Waals surface area contributed by atoms with E-state index in [4.69, 9.17) is 0 Å². The lowest BCUT2D eigenvalue weighted by atomic mass is 10.0. The number of thiol groups is 1. The fourth-order valence-corrected chi connectivity index (χ4v) is 1.87. The Morgan fingerprint density at radius 2 is 1.50 bits per heavy atom. The molecule has 0 aliphatic rings. The van der Waals surface area contributed by atoms with Gasteiger partial charge in [-0.2, -0.15) is 12.6 Å². The van der Waals surface area contributed by atoms with Gasteiger partial charge in [-0.1, -0.05) is 54.3 Å². The van der Waals surface area contributed by atoms with Gasteiger partial charge in [0, 0.05) is 17.7 Å². The summed E-state index contributed by atoms with van der Waals surface area (Å²) in [5.41, 5.74) is 3.74. The van der Waals surface area contributed by atoms with Crippen LogP contribution in [0.3, 0.4) is 0 Å². The zero-order valence-corrected chi connectivity index (χ0v) is 11.2. The second-order valence-corrected chi connectivity index (χ2v) is 4.58. The number of rotatable bonds is 3. The van der Waals surface area contributed by atoms with Gasteiger partial charge in [0.15, 0.2) is 0 Å². The monoisotopic (exact) mass is 252 g/mol. The number of hydrogen-bond acceptors (Lipinski definition) is 1. The molecule has 0 atom stereocenters. The molecule has 0 nitrogen and oxygen atoms in total. The number of benzene rings is 2. The molecule has 0 saturated heterocycles. The van der Waals surface area contributed by atoms with Crippen molar-refractivity contribution in [1.29, 1.82) is 0 Å². The summed E-state index contributed by atoms with van der Waals surface area (Å²) in [5.74, 6) is 7.05. The highest BCUT2D eigenvalue weighted by Gasteiger charge is 1.95. The van der Waals surface area contributed by atoms with E-state index >= 15 is 0 Å². The highest BCUT2D eigenvalue weighted by Crippen LogP contribution is 2.10. The Hall–Kier alpha value is -1.65. The van der Waals surface area contributed by atoms with Gasteiger partial charge in [-0.15, -0.1) is 0 Å². The first-order valence-corrected chi connectivity index (χ1v) is 6.74. The number of hydrogen-bond donors (Lipinski definition) is 1. The lowest BCUT2D eigenvalue weighted by Crippen LogP contribution is -1.87. The SMILES string of the molecule is SCCC#Cc1ccc(Cc2ccccc2)cc1. The molecule has 0 N–H and O–H groups in total. The molecule has 0 fully saturated rings. The van der Waals surface area contributed by atoms with Crippen LogP contribution in [0.1, 0.15) is 23.1 Å². The molecule has 0 aliphatic heterocycles. The Labute approximate surface area is 114 Å². The zero-order valence-electron chi connectivity index (χ0n) is 10.3. The first kappa shape index (κ1) is 12.8. The fraction of sp³-hybridized carbons (Fsp3) is 0.176. The first-order chi connectivity index (χ1) is 8.88. The van der Waals surface area contributed by atoms with Crippen LogP contribution in [0.5, 0.6) is 0 Å².